The summed E-state index contributed by atoms with van der Waals surface area (Å²) < 4.78 is 33.4. The van der Waals surface area contributed by atoms with Gasteiger partial charge in [-0.3, -0.25) is 0 Å². The summed E-state index contributed by atoms with van der Waals surface area (Å²) in [5.41, 5.74) is 1.28. The third-order valence-electron chi connectivity index (χ3n) is 2.93. The number of hydrogen-bond donors (Lipinski definition) is 1. The number of hydrogen-bond acceptors (Lipinski definition) is 3. The molecule has 100 valence electrons. The fourth-order valence-electron chi connectivity index (χ4n) is 1.85. The minimum atomic E-state index is -2.77. The quantitative estimate of drug-likeness (QED) is 0.849. The van der Waals surface area contributed by atoms with Crippen LogP contribution in [0.15, 0.2) is 24.3 Å². The van der Waals surface area contributed by atoms with Gasteiger partial charge in [0.05, 0.1) is 13.2 Å². The summed E-state index contributed by atoms with van der Waals surface area (Å²) in [4.78, 5) is 0. The van der Waals surface area contributed by atoms with Crippen LogP contribution in [-0.2, 0) is 11.3 Å². The van der Waals surface area contributed by atoms with Gasteiger partial charge in [0.15, 0.2) is 0 Å². The van der Waals surface area contributed by atoms with Gasteiger partial charge in [-0.25, -0.2) is 0 Å². The predicted molar refractivity (Wildman–Crippen MR) is 63.7 cm³/mol. The molecular weight excluding hydrogens is 240 g/mol. The van der Waals surface area contributed by atoms with Crippen LogP contribution < -0.4 is 10.1 Å². The smallest absolute Gasteiger partial charge is 0.387 e. The van der Waals surface area contributed by atoms with Crippen LogP contribution in [0.3, 0.4) is 0 Å². The third-order valence-corrected chi connectivity index (χ3v) is 2.93. The molecule has 0 aliphatic carbocycles. The first kappa shape index (κ1) is 13.2. The zero-order valence-corrected chi connectivity index (χ0v) is 10.3. The van der Waals surface area contributed by atoms with E-state index in [2.05, 4.69) is 17.0 Å². The van der Waals surface area contributed by atoms with Gasteiger partial charge >= 0.3 is 6.61 Å². The Morgan fingerprint density at radius 1 is 1.33 bits per heavy atom. The van der Waals surface area contributed by atoms with Crippen LogP contribution in [0.4, 0.5) is 8.78 Å². The first-order valence-electron chi connectivity index (χ1n) is 5.90. The van der Waals surface area contributed by atoms with Crippen molar-refractivity contribution in [1.29, 1.82) is 0 Å². The maximum Gasteiger partial charge on any atom is 0.387 e. The van der Waals surface area contributed by atoms with Gasteiger partial charge < -0.3 is 14.8 Å². The van der Waals surface area contributed by atoms with Crippen LogP contribution in [0, 0.1) is 5.41 Å². The van der Waals surface area contributed by atoms with Crippen LogP contribution in [-0.4, -0.2) is 26.4 Å². The molecule has 18 heavy (non-hydrogen) atoms. The van der Waals surface area contributed by atoms with Crippen LogP contribution in [0.2, 0.25) is 0 Å². The largest absolute Gasteiger partial charge is 0.435 e. The molecule has 3 nitrogen and oxygen atoms in total. The van der Waals surface area contributed by atoms with E-state index >= 15 is 0 Å². The van der Waals surface area contributed by atoms with Crippen molar-refractivity contribution in [2.24, 2.45) is 5.41 Å². The topological polar surface area (TPSA) is 30.5 Å². The predicted octanol–water partition coefficient (Wildman–Crippen LogP) is 2.41. The lowest BCUT2D eigenvalue weighted by Gasteiger charge is -2.38. The van der Waals surface area contributed by atoms with E-state index in [0.717, 1.165) is 25.3 Å². The molecule has 0 unspecified atom stereocenters. The van der Waals surface area contributed by atoms with Crippen molar-refractivity contribution in [1.82, 2.24) is 5.32 Å². The Morgan fingerprint density at radius 3 is 2.50 bits per heavy atom. The molecule has 2 rings (SSSR count). The molecule has 0 saturated carbocycles. The molecule has 5 heteroatoms. The average molecular weight is 257 g/mol. The molecule has 1 aromatic rings. The Hall–Kier alpha value is -1.20. The van der Waals surface area contributed by atoms with E-state index in [9.17, 15) is 8.78 Å². The van der Waals surface area contributed by atoms with E-state index in [-0.39, 0.29) is 11.2 Å². The number of benzene rings is 1. The summed E-state index contributed by atoms with van der Waals surface area (Å²) in [7, 11) is 0. The highest BCUT2D eigenvalue weighted by Gasteiger charge is 2.32. The van der Waals surface area contributed by atoms with Gasteiger partial charge in [0, 0.05) is 18.5 Å². The van der Waals surface area contributed by atoms with Crippen LogP contribution in [0.1, 0.15) is 12.5 Å². The molecule has 0 aromatic heterocycles. The van der Waals surface area contributed by atoms with Crippen LogP contribution >= 0.6 is 0 Å². The fraction of sp³-hybridized carbons (Fsp3) is 0.538. The molecule has 0 amide bonds. The van der Waals surface area contributed by atoms with Crippen molar-refractivity contribution in [2.45, 2.75) is 20.1 Å². The Kier molecular flexibility index (Phi) is 4.14. The normalized spacial score (nSPS) is 17.6. The van der Waals surface area contributed by atoms with E-state index in [4.69, 9.17) is 4.74 Å². The summed E-state index contributed by atoms with van der Waals surface area (Å²) in [5.74, 6) is 0.188. The molecule has 1 aromatic carbocycles. The van der Waals surface area contributed by atoms with Gasteiger partial charge in [-0.15, -0.1) is 0 Å². The Morgan fingerprint density at radius 2 is 2.00 bits per heavy atom. The number of alkyl halides is 2. The molecule has 0 radical (unpaired) electrons. The van der Waals surface area contributed by atoms with E-state index < -0.39 is 6.61 Å². The monoisotopic (exact) mass is 257 g/mol. The second-order valence-corrected chi connectivity index (χ2v) is 4.93. The lowest BCUT2D eigenvalue weighted by atomic mass is 9.89. The van der Waals surface area contributed by atoms with Gasteiger partial charge in [0.1, 0.15) is 5.75 Å². The maximum absolute atomic E-state index is 12.0. The Labute approximate surface area is 105 Å². The minimum Gasteiger partial charge on any atom is -0.435 e. The second-order valence-electron chi connectivity index (χ2n) is 4.93. The number of halogens is 2. The minimum absolute atomic E-state index is 0.188. The van der Waals surface area contributed by atoms with Crippen molar-refractivity contribution in [2.75, 3.05) is 19.8 Å². The second kappa shape index (κ2) is 5.63. The third kappa shape index (κ3) is 3.65. The van der Waals surface area contributed by atoms with Crippen molar-refractivity contribution in [3.63, 3.8) is 0 Å². The molecular formula is C13H17F2NO2. The Balaban J connectivity index is 1.75. The summed E-state index contributed by atoms with van der Waals surface area (Å²) in [6.45, 7) is 2.59. The highest BCUT2D eigenvalue weighted by molar-refractivity contribution is 5.27. The first-order valence-corrected chi connectivity index (χ1v) is 5.90. The molecule has 0 atom stereocenters. The molecule has 1 aliphatic rings. The van der Waals surface area contributed by atoms with Gasteiger partial charge in [-0.05, 0) is 17.7 Å². The van der Waals surface area contributed by atoms with Crippen molar-refractivity contribution >= 4 is 0 Å². The molecule has 0 bridgehead atoms. The van der Waals surface area contributed by atoms with Crippen molar-refractivity contribution in [3.8, 4) is 5.75 Å². The van der Waals surface area contributed by atoms with Gasteiger partial charge in [0.25, 0.3) is 0 Å². The lowest BCUT2D eigenvalue weighted by Crippen LogP contribution is -2.47. The zero-order valence-electron chi connectivity index (χ0n) is 10.3. The van der Waals surface area contributed by atoms with Gasteiger partial charge in [-0.1, -0.05) is 19.1 Å². The molecule has 1 heterocycles. The molecule has 0 spiro atoms. The lowest BCUT2D eigenvalue weighted by molar-refractivity contribution is -0.0991. The molecule has 1 aliphatic heterocycles. The van der Waals surface area contributed by atoms with Crippen LogP contribution in [0.5, 0.6) is 5.75 Å². The van der Waals surface area contributed by atoms with E-state index in [0.29, 0.717) is 6.54 Å². The van der Waals surface area contributed by atoms with Gasteiger partial charge in [0.2, 0.25) is 0 Å². The number of rotatable bonds is 6. The highest BCUT2D eigenvalue weighted by Crippen LogP contribution is 2.25. The first-order chi connectivity index (χ1) is 8.57. The molecule has 1 N–H and O–H groups in total. The molecule has 1 saturated heterocycles. The standard InChI is InChI=1S/C13H17F2NO2/c1-13(8-17-9-13)7-16-6-10-2-4-11(5-3-10)18-12(14)15/h2-5,12,16H,6-9H2,1H3. The van der Waals surface area contributed by atoms with Crippen LogP contribution in [0.25, 0.3) is 0 Å². The SMILES string of the molecule is CC1(CNCc2ccc(OC(F)F)cc2)COC1. The Bertz CT molecular complexity index is 377. The zero-order chi connectivity index (χ0) is 13.0. The number of nitrogens with one attached hydrogen (secondary N) is 1. The summed E-state index contributed by atoms with van der Waals surface area (Å²) in [6, 6.07) is 6.67. The molecule has 1 fully saturated rings. The highest BCUT2D eigenvalue weighted by atomic mass is 19.3. The maximum atomic E-state index is 12.0. The van der Waals surface area contributed by atoms with Crippen molar-refractivity contribution in [3.05, 3.63) is 29.8 Å². The van der Waals surface area contributed by atoms with E-state index in [1.807, 2.05) is 0 Å². The van der Waals surface area contributed by atoms with Gasteiger partial charge in [-0.2, -0.15) is 8.78 Å². The number of ether oxygens (including phenoxy) is 2. The van der Waals surface area contributed by atoms with E-state index in [1.54, 1.807) is 24.3 Å². The fourth-order valence-corrected chi connectivity index (χ4v) is 1.85. The summed E-state index contributed by atoms with van der Waals surface area (Å²) >= 11 is 0. The average Bonchev–Trinajstić information content (AvgIpc) is 2.28. The van der Waals surface area contributed by atoms with Crippen molar-refractivity contribution < 1.29 is 18.3 Å². The van der Waals surface area contributed by atoms with E-state index in [1.165, 1.54) is 0 Å². The summed E-state index contributed by atoms with van der Waals surface area (Å²) in [6.07, 6.45) is 0. The summed E-state index contributed by atoms with van der Waals surface area (Å²) in [5, 5.41) is 3.34.